The molecule has 1 aromatic rings. The van der Waals surface area contributed by atoms with E-state index < -0.39 is 0 Å². The zero-order chi connectivity index (χ0) is 15.8. The average molecular weight is 303 g/mol. The van der Waals surface area contributed by atoms with Crippen LogP contribution in [0.1, 0.15) is 32.3 Å². The summed E-state index contributed by atoms with van der Waals surface area (Å²) in [6.07, 6.45) is 3.53. The van der Waals surface area contributed by atoms with Gasteiger partial charge in [-0.05, 0) is 43.8 Å². The fraction of sp³-hybridized carbons (Fsp3) is 0.611. The zero-order valence-corrected chi connectivity index (χ0v) is 13.8. The summed E-state index contributed by atoms with van der Waals surface area (Å²) in [5.74, 6) is 0.476. The molecule has 0 bridgehead atoms. The summed E-state index contributed by atoms with van der Waals surface area (Å²) in [6.45, 7) is 7.92. The number of likely N-dealkylation sites (tertiary alicyclic amines) is 1. The first kappa shape index (κ1) is 16.8. The Bertz CT molecular complexity index is 441. The fourth-order valence-corrected chi connectivity index (χ4v) is 2.89. The Labute approximate surface area is 134 Å². The van der Waals surface area contributed by atoms with Gasteiger partial charge in [0.1, 0.15) is 0 Å². The second-order valence-electron chi connectivity index (χ2n) is 6.57. The number of hydrogen-bond donors (Lipinski definition) is 2. The molecule has 1 unspecified atom stereocenters. The number of amides is 2. The van der Waals surface area contributed by atoms with E-state index in [0.29, 0.717) is 18.5 Å². The van der Waals surface area contributed by atoms with Crippen molar-refractivity contribution in [1.82, 2.24) is 15.5 Å². The van der Waals surface area contributed by atoms with Crippen molar-refractivity contribution in [1.29, 1.82) is 0 Å². The molecule has 1 heterocycles. The predicted molar refractivity (Wildman–Crippen MR) is 91.0 cm³/mol. The monoisotopic (exact) mass is 303 g/mol. The smallest absolute Gasteiger partial charge is 0.314 e. The molecule has 0 saturated carbocycles. The Kier molecular flexibility index (Phi) is 6.72. The number of carbonyl (C=O) groups excluding carboxylic acids is 1. The number of carbonyl (C=O) groups is 1. The van der Waals surface area contributed by atoms with Crippen LogP contribution in [0, 0.1) is 5.92 Å². The molecule has 1 fully saturated rings. The van der Waals surface area contributed by atoms with Gasteiger partial charge in [-0.1, -0.05) is 44.2 Å². The van der Waals surface area contributed by atoms with Gasteiger partial charge in [-0.15, -0.1) is 0 Å². The first-order valence-electron chi connectivity index (χ1n) is 8.45. The van der Waals surface area contributed by atoms with Crippen molar-refractivity contribution in [3.63, 3.8) is 0 Å². The van der Waals surface area contributed by atoms with Crippen LogP contribution in [-0.2, 0) is 6.42 Å². The average Bonchev–Trinajstić information content (AvgIpc) is 3.04. The molecule has 2 N–H and O–H groups in total. The number of rotatable bonds is 7. The topological polar surface area (TPSA) is 44.4 Å². The molecule has 1 saturated heterocycles. The van der Waals surface area contributed by atoms with Crippen LogP contribution in [0.5, 0.6) is 0 Å². The quantitative estimate of drug-likeness (QED) is 0.813. The Morgan fingerprint density at radius 1 is 1.09 bits per heavy atom. The van der Waals surface area contributed by atoms with Crippen molar-refractivity contribution < 1.29 is 4.79 Å². The highest BCUT2D eigenvalue weighted by molar-refractivity contribution is 5.73. The van der Waals surface area contributed by atoms with Gasteiger partial charge in [0.25, 0.3) is 0 Å². The van der Waals surface area contributed by atoms with E-state index in [4.69, 9.17) is 0 Å². The minimum Gasteiger partial charge on any atom is -0.338 e. The Morgan fingerprint density at radius 2 is 1.73 bits per heavy atom. The summed E-state index contributed by atoms with van der Waals surface area (Å²) in [7, 11) is 0. The Balaban J connectivity index is 1.86. The fourth-order valence-electron chi connectivity index (χ4n) is 2.89. The molecular formula is C18H29N3O. The second kappa shape index (κ2) is 8.79. The van der Waals surface area contributed by atoms with Gasteiger partial charge in [0.2, 0.25) is 0 Å². The maximum atomic E-state index is 11.9. The Hall–Kier alpha value is -1.55. The summed E-state index contributed by atoms with van der Waals surface area (Å²) < 4.78 is 0. The number of nitrogens with one attached hydrogen (secondary N) is 2. The lowest BCUT2D eigenvalue weighted by Gasteiger charge is -2.28. The molecule has 0 spiro atoms. The van der Waals surface area contributed by atoms with E-state index in [0.717, 1.165) is 26.1 Å². The first-order valence-corrected chi connectivity index (χ1v) is 8.45. The normalized spacial score (nSPS) is 16.7. The van der Waals surface area contributed by atoms with Crippen molar-refractivity contribution in [3.8, 4) is 0 Å². The predicted octanol–water partition coefficient (Wildman–Crippen LogP) is 2.65. The summed E-state index contributed by atoms with van der Waals surface area (Å²) >= 11 is 0. The van der Waals surface area contributed by atoms with Crippen LogP contribution in [-0.4, -0.2) is 43.2 Å². The third kappa shape index (κ3) is 5.68. The molecule has 22 heavy (non-hydrogen) atoms. The van der Waals surface area contributed by atoms with E-state index in [1.807, 2.05) is 6.07 Å². The van der Waals surface area contributed by atoms with Crippen LogP contribution < -0.4 is 10.6 Å². The van der Waals surface area contributed by atoms with Crippen molar-refractivity contribution in [2.24, 2.45) is 5.92 Å². The van der Waals surface area contributed by atoms with E-state index in [1.165, 1.54) is 18.4 Å². The molecule has 1 aliphatic heterocycles. The molecule has 1 aromatic carbocycles. The van der Waals surface area contributed by atoms with Crippen LogP contribution in [0.4, 0.5) is 4.79 Å². The maximum Gasteiger partial charge on any atom is 0.314 e. The van der Waals surface area contributed by atoms with Gasteiger partial charge in [0.15, 0.2) is 0 Å². The number of urea groups is 1. The highest BCUT2D eigenvalue weighted by Crippen LogP contribution is 2.15. The van der Waals surface area contributed by atoms with Gasteiger partial charge < -0.3 is 10.6 Å². The van der Waals surface area contributed by atoms with Crippen molar-refractivity contribution in [3.05, 3.63) is 35.9 Å². The van der Waals surface area contributed by atoms with Crippen LogP contribution in [0.15, 0.2) is 30.3 Å². The molecular weight excluding hydrogens is 274 g/mol. The summed E-state index contributed by atoms with van der Waals surface area (Å²) in [6, 6.07) is 10.9. The molecule has 1 atom stereocenters. The van der Waals surface area contributed by atoms with Crippen molar-refractivity contribution in [2.45, 2.75) is 39.2 Å². The summed E-state index contributed by atoms with van der Waals surface area (Å²) in [4.78, 5) is 14.4. The SMILES string of the molecule is CC(C)CNC(=O)NCC(Cc1ccccc1)N1CCCC1. The molecule has 0 aliphatic carbocycles. The molecule has 2 rings (SSSR count). The van der Waals surface area contributed by atoms with Crippen LogP contribution >= 0.6 is 0 Å². The molecule has 2 amide bonds. The van der Waals surface area contributed by atoms with Gasteiger partial charge >= 0.3 is 6.03 Å². The van der Waals surface area contributed by atoms with Crippen molar-refractivity contribution >= 4 is 6.03 Å². The minimum atomic E-state index is -0.0500. The first-order chi connectivity index (χ1) is 10.6. The molecule has 4 heteroatoms. The Morgan fingerprint density at radius 3 is 2.36 bits per heavy atom. The number of nitrogens with zero attached hydrogens (tertiary/aromatic N) is 1. The minimum absolute atomic E-state index is 0.0500. The van der Waals surface area contributed by atoms with E-state index in [-0.39, 0.29) is 6.03 Å². The van der Waals surface area contributed by atoms with Crippen LogP contribution in [0.3, 0.4) is 0 Å². The third-order valence-electron chi connectivity index (χ3n) is 4.14. The lowest BCUT2D eigenvalue weighted by molar-refractivity contribution is 0.218. The molecule has 1 aliphatic rings. The third-order valence-corrected chi connectivity index (χ3v) is 4.14. The van der Waals surface area contributed by atoms with E-state index in [2.05, 4.69) is 53.6 Å². The highest BCUT2D eigenvalue weighted by Gasteiger charge is 2.22. The molecule has 0 aromatic heterocycles. The van der Waals surface area contributed by atoms with E-state index in [1.54, 1.807) is 0 Å². The highest BCUT2D eigenvalue weighted by atomic mass is 16.2. The molecule has 0 radical (unpaired) electrons. The number of hydrogen-bond acceptors (Lipinski definition) is 2. The van der Waals surface area contributed by atoms with Gasteiger partial charge in [0.05, 0.1) is 0 Å². The molecule has 4 nitrogen and oxygen atoms in total. The second-order valence-corrected chi connectivity index (χ2v) is 6.57. The van der Waals surface area contributed by atoms with Crippen molar-refractivity contribution in [2.75, 3.05) is 26.2 Å². The van der Waals surface area contributed by atoms with Gasteiger partial charge in [0, 0.05) is 19.1 Å². The van der Waals surface area contributed by atoms with Gasteiger partial charge in [-0.2, -0.15) is 0 Å². The van der Waals surface area contributed by atoms with Gasteiger partial charge in [-0.25, -0.2) is 4.79 Å². The van der Waals surface area contributed by atoms with E-state index in [9.17, 15) is 4.79 Å². The summed E-state index contributed by atoms with van der Waals surface area (Å²) in [5, 5.41) is 5.97. The standard InChI is InChI=1S/C18H29N3O/c1-15(2)13-19-18(22)20-14-17(21-10-6-7-11-21)12-16-8-4-3-5-9-16/h3-5,8-9,15,17H,6-7,10-14H2,1-2H3,(H2,19,20,22). The molecule has 122 valence electrons. The zero-order valence-electron chi connectivity index (χ0n) is 13.8. The largest absolute Gasteiger partial charge is 0.338 e. The van der Waals surface area contributed by atoms with Crippen LogP contribution in [0.25, 0.3) is 0 Å². The van der Waals surface area contributed by atoms with Gasteiger partial charge in [-0.3, -0.25) is 4.90 Å². The lowest BCUT2D eigenvalue weighted by atomic mass is 10.0. The summed E-state index contributed by atoms with van der Waals surface area (Å²) in [5.41, 5.74) is 1.34. The lowest BCUT2D eigenvalue weighted by Crippen LogP contribution is -2.47. The van der Waals surface area contributed by atoms with Crippen LogP contribution in [0.2, 0.25) is 0 Å². The number of benzene rings is 1. The maximum absolute atomic E-state index is 11.9. The van der Waals surface area contributed by atoms with E-state index >= 15 is 0 Å².